The first-order valence-corrected chi connectivity index (χ1v) is 7.80. The predicted octanol–water partition coefficient (Wildman–Crippen LogP) is 0.173. The summed E-state index contributed by atoms with van der Waals surface area (Å²) >= 11 is 0. The standard InChI is InChI=1S/C16H16N4O5/c1-2-7-18-14(23)15(24)20(16(18)25)9-13(22)19-8-12(21)17-10-5-3-4-6-11(10)19/h3-6H,2,7-9H2,1H3,(H,17,21). The van der Waals surface area contributed by atoms with Gasteiger partial charge in [0, 0.05) is 6.54 Å². The van der Waals surface area contributed by atoms with E-state index in [4.69, 9.17) is 0 Å². The summed E-state index contributed by atoms with van der Waals surface area (Å²) in [5.41, 5.74) is 0.942. The van der Waals surface area contributed by atoms with Crippen LogP contribution < -0.4 is 10.2 Å². The molecule has 1 N–H and O–H groups in total. The molecule has 1 fully saturated rings. The highest BCUT2D eigenvalue weighted by molar-refractivity contribution is 6.45. The van der Waals surface area contributed by atoms with Crippen LogP contribution in [0.3, 0.4) is 0 Å². The van der Waals surface area contributed by atoms with E-state index < -0.39 is 30.3 Å². The largest absolute Gasteiger partial charge is 0.334 e. The van der Waals surface area contributed by atoms with Gasteiger partial charge in [-0.15, -0.1) is 0 Å². The molecule has 0 unspecified atom stereocenters. The molecule has 0 saturated carbocycles. The van der Waals surface area contributed by atoms with Crippen LogP contribution in [0.5, 0.6) is 0 Å². The highest BCUT2D eigenvalue weighted by atomic mass is 16.2. The minimum Gasteiger partial charge on any atom is -0.323 e. The van der Waals surface area contributed by atoms with Crippen LogP contribution in [-0.2, 0) is 19.2 Å². The third-order valence-electron chi connectivity index (χ3n) is 3.95. The van der Waals surface area contributed by atoms with E-state index in [-0.39, 0.29) is 19.0 Å². The highest BCUT2D eigenvalue weighted by Gasteiger charge is 2.45. The van der Waals surface area contributed by atoms with Crippen molar-refractivity contribution in [3.63, 3.8) is 0 Å². The van der Waals surface area contributed by atoms with Crippen molar-refractivity contribution in [1.29, 1.82) is 0 Å². The van der Waals surface area contributed by atoms with E-state index in [1.807, 2.05) is 0 Å². The molecule has 130 valence electrons. The molecular weight excluding hydrogens is 328 g/mol. The van der Waals surface area contributed by atoms with E-state index >= 15 is 0 Å². The number of carbonyl (C=O) groups is 5. The minimum absolute atomic E-state index is 0.114. The van der Waals surface area contributed by atoms with Crippen LogP contribution in [-0.4, -0.2) is 59.1 Å². The Morgan fingerprint density at radius 2 is 1.76 bits per heavy atom. The topological polar surface area (TPSA) is 107 Å². The lowest BCUT2D eigenvalue weighted by Gasteiger charge is -2.30. The van der Waals surface area contributed by atoms with Gasteiger partial charge >= 0.3 is 17.8 Å². The Bertz CT molecular complexity index is 790. The van der Waals surface area contributed by atoms with E-state index in [2.05, 4.69) is 5.32 Å². The van der Waals surface area contributed by atoms with Gasteiger partial charge in [0.15, 0.2) is 0 Å². The number of urea groups is 1. The van der Waals surface area contributed by atoms with Crippen molar-refractivity contribution in [1.82, 2.24) is 9.80 Å². The van der Waals surface area contributed by atoms with Crippen LogP contribution in [0.25, 0.3) is 0 Å². The van der Waals surface area contributed by atoms with Crippen molar-refractivity contribution in [2.24, 2.45) is 0 Å². The Labute approximate surface area is 143 Å². The summed E-state index contributed by atoms with van der Waals surface area (Å²) in [6.45, 7) is 1.06. The second-order valence-electron chi connectivity index (χ2n) is 5.68. The molecule has 2 heterocycles. The molecule has 0 bridgehead atoms. The van der Waals surface area contributed by atoms with Gasteiger partial charge in [-0.1, -0.05) is 19.1 Å². The molecule has 2 aliphatic heterocycles. The number of hydrogen-bond donors (Lipinski definition) is 1. The molecule has 0 radical (unpaired) electrons. The normalized spacial score (nSPS) is 17.1. The summed E-state index contributed by atoms with van der Waals surface area (Å²) in [5.74, 6) is -2.96. The highest BCUT2D eigenvalue weighted by Crippen LogP contribution is 2.29. The van der Waals surface area contributed by atoms with Crippen molar-refractivity contribution >= 4 is 41.0 Å². The molecule has 0 aromatic heterocycles. The maximum Gasteiger partial charge on any atom is 0.334 e. The summed E-state index contributed by atoms with van der Waals surface area (Å²) in [7, 11) is 0. The third kappa shape index (κ3) is 2.84. The number of para-hydroxylation sites is 2. The Balaban J connectivity index is 1.81. The summed E-state index contributed by atoms with van der Waals surface area (Å²) in [4.78, 5) is 63.1. The van der Waals surface area contributed by atoms with E-state index in [0.29, 0.717) is 22.7 Å². The monoisotopic (exact) mass is 344 g/mol. The summed E-state index contributed by atoms with van der Waals surface area (Å²) < 4.78 is 0. The second-order valence-corrected chi connectivity index (χ2v) is 5.68. The molecule has 1 aromatic carbocycles. The van der Waals surface area contributed by atoms with Gasteiger partial charge < -0.3 is 5.32 Å². The number of imide groups is 2. The molecule has 25 heavy (non-hydrogen) atoms. The van der Waals surface area contributed by atoms with Crippen molar-refractivity contribution in [2.45, 2.75) is 13.3 Å². The van der Waals surface area contributed by atoms with Crippen LogP contribution in [0.2, 0.25) is 0 Å². The van der Waals surface area contributed by atoms with Crippen LogP contribution in [0.15, 0.2) is 24.3 Å². The SMILES string of the molecule is CCCN1C(=O)C(=O)N(CC(=O)N2CC(=O)Nc3ccccc32)C1=O. The quantitative estimate of drug-likeness (QED) is 0.619. The van der Waals surface area contributed by atoms with Crippen molar-refractivity contribution in [2.75, 3.05) is 29.9 Å². The summed E-state index contributed by atoms with van der Waals surface area (Å²) in [6, 6.07) is 5.90. The first-order valence-electron chi connectivity index (χ1n) is 7.80. The fourth-order valence-corrected chi connectivity index (χ4v) is 2.79. The maximum atomic E-state index is 12.6. The van der Waals surface area contributed by atoms with Gasteiger partial charge in [0.05, 0.1) is 11.4 Å². The Kier molecular flexibility index (Phi) is 4.22. The van der Waals surface area contributed by atoms with E-state index in [1.54, 1.807) is 31.2 Å². The number of anilines is 2. The first-order chi connectivity index (χ1) is 11.9. The van der Waals surface area contributed by atoms with Crippen LogP contribution in [0.4, 0.5) is 16.2 Å². The van der Waals surface area contributed by atoms with Gasteiger partial charge in [-0.2, -0.15) is 0 Å². The summed E-state index contributed by atoms with van der Waals surface area (Å²) in [5, 5.41) is 2.64. The van der Waals surface area contributed by atoms with Gasteiger partial charge in [-0.05, 0) is 18.6 Å². The second kappa shape index (κ2) is 6.34. The van der Waals surface area contributed by atoms with Gasteiger partial charge in [-0.25, -0.2) is 9.69 Å². The number of fused-ring (bicyclic) bond motifs is 1. The molecule has 1 saturated heterocycles. The number of hydrogen-bond acceptors (Lipinski definition) is 5. The fourth-order valence-electron chi connectivity index (χ4n) is 2.79. The molecule has 2 aliphatic rings. The zero-order valence-electron chi connectivity index (χ0n) is 13.5. The van der Waals surface area contributed by atoms with Crippen molar-refractivity contribution in [3.8, 4) is 0 Å². The number of rotatable bonds is 4. The smallest absolute Gasteiger partial charge is 0.323 e. The Morgan fingerprint density at radius 3 is 2.48 bits per heavy atom. The maximum absolute atomic E-state index is 12.6. The molecule has 1 aromatic rings. The van der Waals surface area contributed by atoms with Crippen LogP contribution >= 0.6 is 0 Å². The van der Waals surface area contributed by atoms with Gasteiger partial charge in [0.1, 0.15) is 13.1 Å². The van der Waals surface area contributed by atoms with Gasteiger partial charge in [-0.3, -0.25) is 29.0 Å². The number of amides is 6. The van der Waals surface area contributed by atoms with Crippen molar-refractivity contribution < 1.29 is 24.0 Å². The molecule has 0 spiro atoms. The zero-order valence-corrected chi connectivity index (χ0v) is 13.5. The number of carbonyl (C=O) groups excluding carboxylic acids is 5. The lowest BCUT2D eigenvalue weighted by molar-refractivity contribution is -0.143. The number of benzene rings is 1. The van der Waals surface area contributed by atoms with Crippen LogP contribution in [0, 0.1) is 0 Å². The number of nitrogens with one attached hydrogen (secondary N) is 1. The molecular formula is C16H16N4O5. The van der Waals surface area contributed by atoms with Gasteiger partial charge in [0.2, 0.25) is 11.8 Å². The first kappa shape index (κ1) is 16.6. The van der Waals surface area contributed by atoms with Gasteiger partial charge in [0.25, 0.3) is 0 Å². The lowest BCUT2D eigenvalue weighted by atomic mass is 10.2. The zero-order chi connectivity index (χ0) is 18.1. The minimum atomic E-state index is -1.03. The van der Waals surface area contributed by atoms with E-state index in [1.165, 1.54) is 4.90 Å². The molecule has 0 aliphatic carbocycles. The average Bonchev–Trinajstić information content (AvgIpc) is 2.79. The van der Waals surface area contributed by atoms with Crippen LogP contribution in [0.1, 0.15) is 13.3 Å². The van der Waals surface area contributed by atoms with E-state index in [0.717, 1.165) is 4.90 Å². The molecule has 3 rings (SSSR count). The fraction of sp³-hybridized carbons (Fsp3) is 0.312. The lowest BCUT2D eigenvalue weighted by Crippen LogP contribution is -2.48. The van der Waals surface area contributed by atoms with Crippen molar-refractivity contribution in [3.05, 3.63) is 24.3 Å². The molecule has 9 heteroatoms. The average molecular weight is 344 g/mol. The molecule has 6 amide bonds. The Hall–Kier alpha value is -3.23. The molecule has 9 nitrogen and oxygen atoms in total. The third-order valence-corrected chi connectivity index (χ3v) is 3.95. The summed E-state index contributed by atoms with van der Waals surface area (Å²) in [6.07, 6.45) is 0.506. The molecule has 0 atom stereocenters. The predicted molar refractivity (Wildman–Crippen MR) is 86.5 cm³/mol. The Morgan fingerprint density at radius 1 is 1.08 bits per heavy atom. The van der Waals surface area contributed by atoms with E-state index in [9.17, 15) is 24.0 Å². The number of nitrogens with zero attached hydrogens (tertiary/aromatic N) is 3.